The second-order valence-corrected chi connectivity index (χ2v) is 8.54. The van der Waals surface area contributed by atoms with Gasteiger partial charge in [-0.3, -0.25) is 18.8 Å². The quantitative estimate of drug-likeness (QED) is 0.205. The summed E-state index contributed by atoms with van der Waals surface area (Å²) in [7, 11) is 0. The molecule has 3 aromatic rings. The minimum absolute atomic E-state index is 0.0395. The number of rotatable bonds is 8. The Morgan fingerprint density at radius 1 is 1.20 bits per heavy atom. The van der Waals surface area contributed by atoms with E-state index in [9.17, 15) is 27.1 Å². The van der Waals surface area contributed by atoms with Crippen LogP contribution in [0.4, 0.5) is 19.0 Å². The van der Waals surface area contributed by atoms with Crippen LogP contribution < -0.4 is 14.9 Å². The lowest BCUT2D eigenvalue weighted by Gasteiger charge is -2.27. The highest BCUT2D eigenvalue weighted by Crippen LogP contribution is 2.26. The van der Waals surface area contributed by atoms with Gasteiger partial charge in [-0.2, -0.15) is 0 Å². The number of piperazine rings is 1. The van der Waals surface area contributed by atoms with Gasteiger partial charge in [0, 0.05) is 36.5 Å². The molecule has 1 aliphatic heterocycles. The van der Waals surface area contributed by atoms with Crippen molar-refractivity contribution < 1.29 is 31.5 Å². The van der Waals surface area contributed by atoms with Crippen molar-refractivity contribution in [3.8, 4) is 0 Å². The van der Waals surface area contributed by atoms with Crippen LogP contribution in [0.3, 0.4) is 0 Å². The summed E-state index contributed by atoms with van der Waals surface area (Å²) in [6.07, 6.45) is 1.47. The van der Waals surface area contributed by atoms with Gasteiger partial charge in [0.25, 0.3) is 0 Å². The fourth-order valence-corrected chi connectivity index (χ4v) is 4.06. The van der Waals surface area contributed by atoms with Crippen molar-refractivity contribution in [2.24, 2.45) is 0 Å². The number of hydrogen-bond donors (Lipinski definition) is 2. The molecule has 2 N–H and O–H groups in total. The van der Waals surface area contributed by atoms with Crippen molar-refractivity contribution in [1.82, 2.24) is 20.0 Å². The lowest BCUT2D eigenvalue weighted by molar-refractivity contribution is -0.120. The number of nitrogens with one attached hydrogen (secondary N) is 2. The molecule has 1 aliphatic rings. The zero-order valence-electron chi connectivity index (χ0n) is 18.1. The standard InChI is InChI=1S/C22H20F3N5O4S/c23-14-8-12(2-1-5-28-35(33)34)20(24)19(21(14)25)22(32)13-3-4-15-16(9-13)29-17(10-27-15)30-7-6-26-18(31)11-30/h3-4,8-10,28H,1-2,5-7,11H2,(H,26,31)(H,33,34)/p-1. The molecule has 1 unspecified atom stereocenters. The maximum atomic E-state index is 15.1. The van der Waals surface area contributed by atoms with Gasteiger partial charge in [0.1, 0.15) is 11.6 Å². The predicted molar refractivity (Wildman–Crippen MR) is 120 cm³/mol. The van der Waals surface area contributed by atoms with Gasteiger partial charge < -0.3 is 14.8 Å². The van der Waals surface area contributed by atoms with Crippen molar-refractivity contribution in [2.45, 2.75) is 12.8 Å². The third-order valence-corrected chi connectivity index (χ3v) is 5.90. The SMILES string of the molecule is O=C1CN(c2cnc3ccc(C(=O)c4c(F)c(F)cc(CCCNS(=O)[O-])c4F)cc3n2)CCN1. The summed E-state index contributed by atoms with van der Waals surface area (Å²) < 4.78 is 66.9. The van der Waals surface area contributed by atoms with Crippen molar-refractivity contribution in [1.29, 1.82) is 0 Å². The van der Waals surface area contributed by atoms with Gasteiger partial charge in [-0.15, -0.1) is 0 Å². The van der Waals surface area contributed by atoms with Crippen molar-refractivity contribution in [3.63, 3.8) is 0 Å². The maximum absolute atomic E-state index is 15.1. The smallest absolute Gasteiger partial charge is 0.239 e. The number of carbonyl (C=O) groups excluding carboxylic acids is 2. The highest BCUT2D eigenvalue weighted by Gasteiger charge is 2.26. The maximum Gasteiger partial charge on any atom is 0.239 e. The number of fused-ring (bicyclic) bond motifs is 1. The van der Waals surface area contributed by atoms with Gasteiger partial charge >= 0.3 is 0 Å². The van der Waals surface area contributed by atoms with Crippen molar-refractivity contribution in [2.75, 3.05) is 31.1 Å². The molecule has 35 heavy (non-hydrogen) atoms. The molecule has 1 saturated heterocycles. The van der Waals surface area contributed by atoms with Crippen LogP contribution in [0, 0.1) is 17.5 Å². The fourth-order valence-electron chi connectivity index (χ4n) is 3.75. The Balaban J connectivity index is 1.64. The number of anilines is 1. The second-order valence-electron chi connectivity index (χ2n) is 7.79. The summed E-state index contributed by atoms with van der Waals surface area (Å²) in [5.41, 5.74) is -0.754. The molecule has 0 radical (unpaired) electrons. The summed E-state index contributed by atoms with van der Waals surface area (Å²) in [6, 6.07) is 4.72. The van der Waals surface area contributed by atoms with Gasteiger partial charge in [0.2, 0.25) is 5.91 Å². The normalized spacial score (nSPS) is 14.7. The molecule has 2 heterocycles. The fraction of sp³-hybridized carbons (Fsp3) is 0.273. The van der Waals surface area contributed by atoms with Crippen LogP contribution in [0.1, 0.15) is 27.9 Å². The van der Waals surface area contributed by atoms with Gasteiger partial charge in [0.15, 0.2) is 17.4 Å². The summed E-state index contributed by atoms with van der Waals surface area (Å²) in [4.78, 5) is 35.1. The molecular formula is C22H19F3N5O4S-. The van der Waals surface area contributed by atoms with Crippen LogP contribution >= 0.6 is 0 Å². The van der Waals surface area contributed by atoms with Crippen LogP contribution in [0.15, 0.2) is 30.5 Å². The molecule has 0 aliphatic carbocycles. The zero-order valence-corrected chi connectivity index (χ0v) is 19.0. The number of aryl methyl sites for hydroxylation is 1. The molecular weight excluding hydrogens is 487 g/mol. The van der Waals surface area contributed by atoms with Crippen LogP contribution in [0.25, 0.3) is 11.0 Å². The van der Waals surface area contributed by atoms with Crippen molar-refractivity contribution >= 4 is 39.8 Å². The zero-order chi connectivity index (χ0) is 25.1. The number of ketones is 1. The van der Waals surface area contributed by atoms with E-state index in [1.807, 2.05) is 0 Å². The molecule has 1 amide bonds. The van der Waals surface area contributed by atoms with Gasteiger partial charge in [-0.1, -0.05) is 0 Å². The topological polar surface area (TPSA) is 127 Å². The van der Waals surface area contributed by atoms with E-state index in [1.54, 1.807) is 4.90 Å². The Morgan fingerprint density at radius 2 is 2.00 bits per heavy atom. The number of halogens is 3. The Kier molecular flexibility index (Phi) is 7.38. The first-order valence-electron chi connectivity index (χ1n) is 10.6. The van der Waals surface area contributed by atoms with Crippen LogP contribution in [-0.4, -0.2) is 56.6 Å². The number of nitrogens with zero attached hydrogens (tertiary/aromatic N) is 3. The molecule has 2 aromatic carbocycles. The Hall–Kier alpha value is -3.42. The van der Waals surface area contributed by atoms with E-state index in [4.69, 9.17) is 0 Å². The number of hydrogen-bond acceptors (Lipinski definition) is 7. The minimum Gasteiger partial charge on any atom is -0.760 e. The van der Waals surface area contributed by atoms with Crippen LogP contribution in [0.5, 0.6) is 0 Å². The van der Waals surface area contributed by atoms with E-state index >= 15 is 4.39 Å². The predicted octanol–water partition coefficient (Wildman–Crippen LogP) is 1.53. The molecule has 13 heteroatoms. The minimum atomic E-state index is -2.51. The largest absolute Gasteiger partial charge is 0.760 e. The molecule has 9 nitrogen and oxygen atoms in total. The van der Waals surface area contributed by atoms with E-state index < -0.39 is 40.1 Å². The molecule has 4 rings (SSSR count). The van der Waals surface area contributed by atoms with E-state index in [0.29, 0.717) is 30.5 Å². The summed E-state index contributed by atoms with van der Waals surface area (Å²) in [5, 5.41) is 2.70. The average molecular weight is 506 g/mol. The number of amides is 1. The molecule has 1 fully saturated rings. The molecule has 1 atom stereocenters. The van der Waals surface area contributed by atoms with Gasteiger partial charge in [0.05, 0.1) is 29.3 Å². The molecule has 0 saturated carbocycles. The van der Waals surface area contributed by atoms with E-state index in [2.05, 4.69) is 20.0 Å². The Bertz CT molecular complexity index is 1340. The molecule has 184 valence electrons. The Morgan fingerprint density at radius 3 is 2.74 bits per heavy atom. The van der Waals surface area contributed by atoms with Crippen molar-refractivity contribution in [3.05, 3.63) is 64.6 Å². The molecule has 0 bridgehead atoms. The first-order chi connectivity index (χ1) is 16.7. The van der Waals surface area contributed by atoms with E-state index in [0.717, 1.165) is 0 Å². The third kappa shape index (κ3) is 5.47. The first-order valence-corrected chi connectivity index (χ1v) is 11.6. The average Bonchev–Trinajstić information content (AvgIpc) is 2.84. The third-order valence-electron chi connectivity index (χ3n) is 5.46. The number of aromatic nitrogens is 2. The Labute approximate surface area is 200 Å². The first kappa shape index (κ1) is 24.7. The lowest BCUT2D eigenvalue weighted by atomic mass is 9.97. The summed E-state index contributed by atoms with van der Waals surface area (Å²) >= 11 is -2.51. The van der Waals surface area contributed by atoms with Gasteiger partial charge in [-0.05, 0) is 42.7 Å². The summed E-state index contributed by atoms with van der Waals surface area (Å²) in [6.45, 7) is 0.985. The highest BCUT2D eigenvalue weighted by molar-refractivity contribution is 7.77. The van der Waals surface area contributed by atoms with Crippen LogP contribution in [-0.2, 0) is 22.5 Å². The van der Waals surface area contributed by atoms with Crippen LogP contribution in [0.2, 0.25) is 0 Å². The lowest BCUT2D eigenvalue weighted by Crippen LogP contribution is -2.48. The number of benzene rings is 2. The number of carbonyl (C=O) groups is 2. The highest BCUT2D eigenvalue weighted by atomic mass is 32.2. The van der Waals surface area contributed by atoms with E-state index in [-0.39, 0.29) is 48.5 Å². The molecule has 1 aromatic heterocycles. The van der Waals surface area contributed by atoms with Gasteiger partial charge in [-0.25, -0.2) is 22.9 Å². The second kappa shape index (κ2) is 10.5. The van der Waals surface area contributed by atoms with E-state index in [1.165, 1.54) is 24.4 Å². The monoisotopic (exact) mass is 506 g/mol. The summed E-state index contributed by atoms with van der Waals surface area (Å²) in [5.74, 6) is -5.07. The molecule has 0 spiro atoms.